The van der Waals surface area contributed by atoms with E-state index in [2.05, 4.69) is 10.1 Å². The molecule has 0 saturated heterocycles. The van der Waals surface area contributed by atoms with E-state index in [1.165, 1.54) is 13.3 Å². The Hall–Kier alpha value is -3.35. The molecule has 0 aliphatic rings. The van der Waals surface area contributed by atoms with Gasteiger partial charge in [-0.15, -0.1) is 0 Å². The number of hydrogen-bond acceptors (Lipinski definition) is 3. The molecule has 2 heterocycles. The molecule has 0 bridgehead atoms. The van der Waals surface area contributed by atoms with Crippen molar-refractivity contribution < 1.29 is 17.9 Å². The van der Waals surface area contributed by atoms with Gasteiger partial charge in [-0.05, 0) is 23.8 Å². The number of ether oxygens (including phenoxy) is 1. The Kier molecular flexibility index (Phi) is 4.07. The molecule has 7 heteroatoms. The predicted molar refractivity (Wildman–Crippen MR) is 95.4 cm³/mol. The number of fused-ring (bicyclic) bond motifs is 1. The van der Waals surface area contributed by atoms with E-state index in [0.29, 0.717) is 16.9 Å². The number of hydrogen-bond donors (Lipinski definition) is 0. The monoisotopic (exact) mass is 369 g/mol. The standard InChI is InChI=1S/C20H14F3N3O/c1-27-15-9-5-8-14(10-15)17-11-18(20(21,22)23)26-19(25-17)16(12-24-26)13-6-3-2-4-7-13/h2-12H,1H3. The van der Waals surface area contributed by atoms with Crippen LogP contribution in [0, 0.1) is 0 Å². The van der Waals surface area contributed by atoms with Crippen molar-refractivity contribution in [1.82, 2.24) is 14.6 Å². The van der Waals surface area contributed by atoms with Crippen LogP contribution in [0.2, 0.25) is 0 Å². The Morgan fingerprint density at radius 3 is 2.37 bits per heavy atom. The summed E-state index contributed by atoms with van der Waals surface area (Å²) in [4.78, 5) is 4.48. The number of aromatic nitrogens is 3. The lowest BCUT2D eigenvalue weighted by Crippen LogP contribution is -2.13. The zero-order valence-corrected chi connectivity index (χ0v) is 14.2. The fourth-order valence-corrected chi connectivity index (χ4v) is 2.92. The first-order valence-electron chi connectivity index (χ1n) is 8.13. The number of benzene rings is 2. The van der Waals surface area contributed by atoms with Crippen molar-refractivity contribution in [2.24, 2.45) is 0 Å². The van der Waals surface area contributed by atoms with E-state index in [1.807, 2.05) is 30.3 Å². The number of alkyl halides is 3. The third kappa shape index (κ3) is 3.12. The van der Waals surface area contributed by atoms with Crippen LogP contribution < -0.4 is 4.74 Å². The van der Waals surface area contributed by atoms with E-state index < -0.39 is 11.9 Å². The summed E-state index contributed by atoms with van der Waals surface area (Å²) < 4.78 is 47.0. The van der Waals surface area contributed by atoms with Crippen LogP contribution in [0.5, 0.6) is 5.75 Å². The van der Waals surface area contributed by atoms with Gasteiger partial charge in [-0.2, -0.15) is 18.3 Å². The van der Waals surface area contributed by atoms with E-state index in [9.17, 15) is 13.2 Å². The Morgan fingerprint density at radius 1 is 0.926 bits per heavy atom. The molecule has 0 saturated carbocycles. The number of halogens is 3. The fraction of sp³-hybridized carbons (Fsp3) is 0.100. The molecule has 0 aliphatic carbocycles. The van der Waals surface area contributed by atoms with E-state index in [1.54, 1.807) is 24.3 Å². The van der Waals surface area contributed by atoms with Gasteiger partial charge in [0.15, 0.2) is 11.3 Å². The molecule has 0 atom stereocenters. The van der Waals surface area contributed by atoms with E-state index in [0.717, 1.165) is 16.1 Å². The smallest absolute Gasteiger partial charge is 0.433 e. The fourth-order valence-electron chi connectivity index (χ4n) is 2.92. The molecule has 0 N–H and O–H groups in total. The first kappa shape index (κ1) is 17.1. The maximum absolute atomic E-state index is 13.7. The van der Waals surface area contributed by atoms with Crippen LogP contribution in [0.3, 0.4) is 0 Å². The summed E-state index contributed by atoms with van der Waals surface area (Å²) in [5.41, 5.74) is 1.28. The number of methoxy groups -OCH3 is 1. The van der Waals surface area contributed by atoms with Gasteiger partial charge in [-0.25, -0.2) is 9.50 Å². The van der Waals surface area contributed by atoms with Crippen molar-refractivity contribution in [3.05, 3.63) is 72.6 Å². The molecular weight excluding hydrogens is 355 g/mol. The Labute approximate surface area is 152 Å². The van der Waals surface area contributed by atoms with Gasteiger partial charge >= 0.3 is 6.18 Å². The Balaban J connectivity index is 2.00. The molecule has 2 aromatic heterocycles. The normalized spacial score (nSPS) is 11.7. The average Bonchev–Trinajstić information content (AvgIpc) is 3.11. The van der Waals surface area contributed by atoms with Crippen molar-refractivity contribution in [3.63, 3.8) is 0 Å². The minimum absolute atomic E-state index is 0.147. The Bertz CT molecular complexity index is 1100. The van der Waals surface area contributed by atoms with Gasteiger partial charge in [-0.1, -0.05) is 42.5 Å². The van der Waals surface area contributed by atoms with Crippen LogP contribution >= 0.6 is 0 Å². The summed E-state index contributed by atoms with van der Waals surface area (Å²) in [6, 6.07) is 16.9. The maximum atomic E-state index is 13.7. The van der Waals surface area contributed by atoms with Gasteiger partial charge in [0.2, 0.25) is 0 Å². The first-order chi connectivity index (χ1) is 13.0. The SMILES string of the molecule is COc1cccc(-c2cc(C(F)(F)F)n3ncc(-c4ccccc4)c3n2)c1. The number of nitrogens with zero attached hydrogens (tertiary/aromatic N) is 3. The molecule has 0 unspecified atom stereocenters. The lowest BCUT2D eigenvalue weighted by atomic mass is 10.1. The van der Waals surface area contributed by atoms with Crippen molar-refractivity contribution >= 4 is 5.65 Å². The predicted octanol–water partition coefficient (Wildman–Crippen LogP) is 5.09. The zero-order valence-electron chi connectivity index (χ0n) is 14.2. The molecule has 4 nitrogen and oxygen atoms in total. The molecule has 0 radical (unpaired) electrons. The van der Waals surface area contributed by atoms with Gasteiger partial charge in [0.25, 0.3) is 0 Å². The minimum atomic E-state index is -4.57. The third-order valence-electron chi connectivity index (χ3n) is 4.21. The molecule has 27 heavy (non-hydrogen) atoms. The second kappa shape index (κ2) is 6.42. The molecular formula is C20H14F3N3O. The first-order valence-corrected chi connectivity index (χ1v) is 8.13. The van der Waals surface area contributed by atoms with Crippen LogP contribution in [0.4, 0.5) is 13.2 Å². The minimum Gasteiger partial charge on any atom is -0.497 e. The lowest BCUT2D eigenvalue weighted by molar-refractivity contribution is -0.142. The summed E-state index contributed by atoms with van der Waals surface area (Å²) in [6.07, 6.45) is -3.17. The maximum Gasteiger partial charge on any atom is 0.433 e. The Morgan fingerprint density at radius 2 is 1.67 bits per heavy atom. The largest absolute Gasteiger partial charge is 0.497 e. The topological polar surface area (TPSA) is 39.4 Å². The summed E-state index contributed by atoms with van der Waals surface area (Å²) >= 11 is 0. The lowest BCUT2D eigenvalue weighted by Gasteiger charge is -2.12. The molecule has 2 aromatic carbocycles. The number of rotatable bonds is 3. The van der Waals surface area contributed by atoms with Crippen LogP contribution in [0.1, 0.15) is 5.69 Å². The van der Waals surface area contributed by atoms with E-state index >= 15 is 0 Å². The average molecular weight is 369 g/mol. The molecule has 0 spiro atoms. The highest BCUT2D eigenvalue weighted by molar-refractivity contribution is 5.79. The summed E-state index contributed by atoms with van der Waals surface area (Å²) in [6.45, 7) is 0. The third-order valence-corrected chi connectivity index (χ3v) is 4.21. The highest BCUT2D eigenvalue weighted by Gasteiger charge is 2.35. The van der Waals surface area contributed by atoms with E-state index in [-0.39, 0.29) is 11.3 Å². The summed E-state index contributed by atoms with van der Waals surface area (Å²) in [7, 11) is 1.50. The van der Waals surface area contributed by atoms with Crippen LogP contribution in [-0.4, -0.2) is 21.7 Å². The van der Waals surface area contributed by atoms with E-state index in [4.69, 9.17) is 4.74 Å². The van der Waals surface area contributed by atoms with Crippen molar-refractivity contribution in [2.75, 3.05) is 7.11 Å². The summed E-state index contributed by atoms with van der Waals surface area (Å²) in [5, 5.41) is 3.94. The molecule has 0 fully saturated rings. The summed E-state index contributed by atoms with van der Waals surface area (Å²) in [5.74, 6) is 0.541. The van der Waals surface area contributed by atoms with Gasteiger partial charge in [0.05, 0.1) is 19.0 Å². The highest BCUT2D eigenvalue weighted by Crippen LogP contribution is 2.35. The van der Waals surface area contributed by atoms with Crippen LogP contribution in [0.25, 0.3) is 28.0 Å². The van der Waals surface area contributed by atoms with Gasteiger partial charge < -0.3 is 4.74 Å². The van der Waals surface area contributed by atoms with Gasteiger partial charge in [-0.3, -0.25) is 0 Å². The highest BCUT2D eigenvalue weighted by atomic mass is 19.4. The van der Waals surface area contributed by atoms with Crippen molar-refractivity contribution in [1.29, 1.82) is 0 Å². The molecule has 136 valence electrons. The zero-order chi connectivity index (χ0) is 19.0. The van der Waals surface area contributed by atoms with Crippen molar-refractivity contribution in [2.45, 2.75) is 6.18 Å². The second-order valence-electron chi connectivity index (χ2n) is 5.92. The van der Waals surface area contributed by atoms with Crippen LogP contribution in [-0.2, 0) is 6.18 Å². The molecule has 0 aliphatic heterocycles. The second-order valence-corrected chi connectivity index (χ2v) is 5.92. The molecule has 4 rings (SSSR count). The quantitative estimate of drug-likeness (QED) is 0.505. The molecule has 4 aromatic rings. The van der Waals surface area contributed by atoms with Gasteiger partial charge in [0.1, 0.15) is 5.75 Å². The van der Waals surface area contributed by atoms with Gasteiger partial charge in [0, 0.05) is 11.1 Å². The molecule has 0 amide bonds. The van der Waals surface area contributed by atoms with Crippen LogP contribution in [0.15, 0.2) is 66.9 Å². The van der Waals surface area contributed by atoms with Crippen molar-refractivity contribution in [3.8, 4) is 28.1 Å².